The summed E-state index contributed by atoms with van der Waals surface area (Å²) in [6.45, 7) is -0.291. The minimum atomic E-state index is -3.89. The van der Waals surface area contributed by atoms with Crippen LogP contribution in [0.25, 0.3) is 0 Å². The quantitative estimate of drug-likeness (QED) is 0.273. The van der Waals surface area contributed by atoms with E-state index in [4.69, 9.17) is 9.84 Å². The minimum absolute atomic E-state index is 0.311. The van der Waals surface area contributed by atoms with Crippen LogP contribution in [0, 0.1) is 6.92 Å². The molecule has 1 atom stereocenters. The number of benzene rings is 1. The SMILES string of the molecule is COc1ccc(C)c(C(CO)S(=O)(=O)CCNN(CCS(=O)(=O)CCO)C(=O)O)c1. The second-order valence-electron chi connectivity index (χ2n) is 6.48. The van der Waals surface area contributed by atoms with Crippen LogP contribution in [0.5, 0.6) is 5.75 Å². The number of methoxy groups -OCH3 is 1. The molecule has 0 bridgehead atoms. The number of hydrogen-bond acceptors (Lipinski definition) is 9. The second kappa shape index (κ2) is 11.5. The van der Waals surface area contributed by atoms with Gasteiger partial charge in [-0.05, 0) is 30.2 Å². The first-order valence-electron chi connectivity index (χ1n) is 8.99. The fraction of sp³-hybridized carbons (Fsp3) is 0.588. The van der Waals surface area contributed by atoms with Crippen LogP contribution in [0.3, 0.4) is 0 Å². The van der Waals surface area contributed by atoms with Gasteiger partial charge in [-0.25, -0.2) is 32.1 Å². The summed E-state index contributed by atoms with van der Waals surface area (Å²) in [5, 5.41) is 26.9. The molecule has 0 fully saturated rings. The molecule has 1 amide bonds. The first kappa shape index (κ1) is 26.1. The molecule has 0 aliphatic heterocycles. The van der Waals surface area contributed by atoms with E-state index in [9.17, 15) is 31.8 Å². The Balaban J connectivity index is 2.83. The van der Waals surface area contributed by atoms with Crippen LogP contribution in [-0.4, -0.2) is 93.9 Å². The number of amides is 1. The van der Waals surface area contributed by atoms with Gasteiger partial charge in [0.2, 0.25) is 0 Å². The molecule has 0 saturated heterocycles. The smallest absolute Gasteiger partial charge is 0.421 e. The molecule has 0 aromatic heterocycles. The third-order valence-corrected chi connectivity index (χ3v) is 8.03. The number of aryl methyl sites for hydroxylation is 1. The van der Waals surface area contributed by atoms with Crippen molar-refractivity contribution in [2.75, 3.05) is 50.7 Å². The van der Waals surface area contributed by atoms with Crippen LogP contribution < -0.4 is 10.2 Å². The number of hydrazine groups is 1. The maximum atomic E-state index is 12.7. The second-order valence-corrected chi connectivity index (χ2v) is 11.1. The number of aliphatic hydroxyl groups excluding tert-OH is 2. The third kappa shape index (κ3) is 7.72. The Kier molecular flexibility index (Phi) is 9.97. The average Bonchev–Trinajstić information content (AvgIpc) is 2.65. The number of nitrogens with zero attached hydrogens (tertiary/aromatic N) is 1. The predicted molar refractivity (Wildman–Crippen MR) is 110 cm³/mol. The van der Waals surface area contributed by atoms with Crippen molar-refractivity contribution in [3.05, 3.63) is 29.3 Å². The van der Waals surface area contributed by atoms with Gasteiger partial charge in [0, 0.05) is 6.54 Å². The van der Waals surface area contributed by atoms with Crippen molar-refractivity contribution in [1.29, 1.82) is 0 Å². The Labute approximate surface area is 176 Å². The van der Waals surface area contributed by atoms with Crippen molar-refractivity contribution in [2.24, 2.45) is 0 Å². The number of ether oxygens (including phenoxy) is 1. The fourth-order valence-electron chi connectivity index (χ4n) is 2.68. The molecule has 1 aromatic carbocycles. The van der Waals surface area contributed by atoms with Crippen molar-refractivity contribution in [3.63, 3.8) is 0 Å². The van der Waals surface area contributed by atoms with Gasteiger partial charge >= 0.3 is 6.09 Å². The molecule has 0 saturated carbocycles. The van der Waals surface area contributed by atoms with E-state index in [1.165, 1.54) is 13.2 Å². The Bertz CT molecular complexity index is 917. The number of hydrogen-bond donors (Lipinski definition) is 4. The van der Waals surface area contributed by atoms with E-state index in [0.29, 0.717) is 21.9 Å². The molecule has 1 unspecified atom stereocenters. The van der Waals surface area contributed by atoms with Gasteiger partial charge < -0.3 is 20.1 Å². The summed E-state index contributed by atoms with van der Waals surface area (Å²) in [4.78, 5) is 11.3. The molecule has 11 nitrogen and oxygen atoms in total. The van der Waals surface area contributed by atoms with Crippen LogP contribution in [0.2, 0.25) is 0 Å². The first-order chi connectivity index (χ1) is 14.0. The molecule has 0 radical (unpaired) electrons. The highest BCUT2D eigenvalue weighted by atomic mass is 32.2. The molecule has 13 heteroatoms. The lowest BCUT2D eigenvalue weighted by Gasteiger charge is -2.22. The van der Waals surface area contributed by atoms with E-state index in [1.807, 2.05) is 0 Å². The normalized spacial score (nSPS) is 13.1. The zero-order valence-corrected chi connectivity index (χ0v) is 18.4. The van der Waals surface area contributed by atoms with Gasteiger partial charge in [-0.3, -0.25) is 0 Å². The number of nitrogens with one attached hydrogen (secondary N) is 1. The summed E-state index contributed by atoms with van der Waals surface area (Å²) < 4.78 is 53.8. The zero-order chi connectivity index (χ0) is 22.9. The molecule has 4 N–H and O–H groups in total. The van der Waals surface area contributed by atoms with E-state index < -0.39 is 68.0 Å². The fourth-order valence-corrected chi connectivity index (χ4v) is 5.15. The molecular formula is C17H28N2O9S2. The van der Waals surface area contributed by atoms with Crippen molar-refractivity contribution in [3.8, 4) is 5.75 Å². The largest absolute Gasteiger partial charge is 0.497 e. The Morgan fingerprint density at radius 2 is 1.83 bits per heavy atom. The maximum Gasteiger partial charge on any atom is 0.421 e. The van der Waals surface area contributed by atoms with Crippen molar-refractivity contribution < 1.29 is 41.7 Å². The van der Waals surface area contributed by atoms with Gasteiger partial charge in [-0.1, -0.05) is 6.07 Å². The van der Waals surface area contributed by atoms with Crippen LogP contribution in [-0.2, 0) is 19.7 Å². The van der Waals surface area contributed by atoms with E-state index in [1.54, 1.807) is 19.1 Å². The van der Waals surface area contributed by atoms with E-state index in [-0.39, 0.29) is 6.54 Å². The van der Waals surface area contributed by atoms with Gasteiger partial charge in [0.05, 0.1) is 44.1 Å². The molecule has 0 spiro atoms. The highest BCUT2D eigenvalue weighted by Gasteiger charge is 2.28. The Hall–Kier alpha value is -1.93. The first-order valence-corrected chi connectivity index (χ1v) is 12.5. The highest BCUT2D eigenvalue weighted by Crippen LogP contribution is 2.29. The number of rotatable bonds is 13. The maximum absolute atomic E-state index is 12.7. The lowest BCUT2D eigenvalue weighted by Crippen LogP contribution is -2.46. The number of aliphatic hydroxyl groups is 2. The third-order valence-electron chi connectivity index (χ3n) is 4.38. The van der Waals surface area contributed by atoms with Crippen molar-refractivity contribution >= 4 is 25.8 Å². The van der Waals surface area contributed by atoms with Crippen molar-refractivity contribution in [1.82, 2.24) is 10.4 Å². The van der Waals surface area contributed by atoms with Crippen LogP contribution >= 0.6 is 0 Å². The zero-order valence-electron chi connectivity index (χ0n) is 16.8. The van der Waals surface area contributed by atoms with Gasteiger partial charge in [0.25, 0.3) is 0 Å². The molecule has 0 aliphatic rings. The number of carbonyl (C=O) groups is 1. The lowest BCUT2D eigenvalue weighted by atomic mass is 10.1. The predicted octanol–water partition coefficient (Wildman–Crippen LogP) is -0.656. The topological polar surface area (TPSA) is 171 Å². The molecule has 30 heavy (non-hydrogen) atoms. The summed E-state index contributed by atoms with van der Waals surface area (Å²) in [6.07, 6.45) is -1.48. The van der Waals surface area contributed by atoms with Crippen molar-refractivity contribution in [2.45, 2.75) is 12.2 Å². The summed E-state index contributed by atoms with van der Waals surface area (Å²) in [5.41, 5.74) is 3.40. The summed E-state index contributed by atoms with van der Waals surface area (Å²) in [5.74, 6) is -1.08. The standard InChI is InChI=1S/C17H28N2O9S2/c1-13-3-4-14(28-2)11-15(13)16(12-21)30(26,27)8-5-18-19(17(22)23)6-9-29(24,25)10-7-20/h3-4,11,16,18,20-21H,5-10,12H2,1-2H3,(H,22,23). The molecule has 172 valence electrons. The van der Waals surface area contributed by atoms with Gasteiger partial charge in [0.1, 0.15) is 11.0 Å². The van der Waals surface area contributed by atoms with Gasteiger partial charge in [-0.2, -0.15) is 0 Å². The van der Waals surface area contributed by atoms with Crippen LogP contribution in [0.15, 0.2) is 18.2 Å². The Morgan fingerprint density at radius 3 is 2.37 bits per heavy atom. The minimum Gasteiger partial charge on any atom is -0.497 e. The molecule has 1 rings (SSSR count). The molecule has 0 heterocycles. The lowest BCUT2D eigenvalue weighted by molar-refractivity contribution is 0.125. The number of sulfone groups is 2. The van der Waals surface area contributed by atoms with Gasteiger partial charge in [-0.15, -0.1) is 0 Å². The van der Waals surface area contributed by atoms with E-state index >= 15 is 0 Å². The highest BCUT2D eigenvalue weighted by molar-refractivity contribution is 7.91. The monoisotopic (exact) mass is 468 g/mol. The average molecular weight is 469 g/mol. The Morgan fingerprint density at radius 1 is 1.17 bits per heavy atom. The van der Waals surface area contributed by atoms with Crippen LogP contribution in [0.4, 0.5) is 4.79 Å². The van der Waals surface area contributed by atoms with Gasteiger partial charge in [0.15, 0.2) is 19.7 Å². The number of carboxylic acid groups (broad SMARTS) is 1. The summed E-state index contributed by atoms with van der Waals surface area (Å²) >= 11 is 0. The molecular weight excluding hydrogens is 440 g/mol. The summed E-state index contributed by atoms with van der Waals surface area (Å²) in [7, 11) is -6.09. The van der Waals surface area contributed by atoms with E-state index in [0.717, 1.165) is 0 Å². The van der Waals surface area contributed by atoms with Crippen LogP contribution in [0.1, 0.15) is 16.4 Å². The summed E-state index contributed by atoms with van der Waals surface area (Å²) in [6, 6.07) is 4.86. The molecule has 0 aliphatic carbocycles. The van der Waals surface area contributed by atoms with E-state index in [2.05, 4.69) is 5.43 Å². The molecule has 1 aromatic rings.